The van der Waals surface area contributed by atoms with Gasteiger partial charge in [0.05, 0.1) is 0 Å². The van der Waals surface area contributed by atoms with E-state index in [1.807, 2.05) is 13.0 Å². The lowest BCUT2D eigenvalue weighted by molar-refractivity contribution is 0.345. The van der Waals surface area contributed by atoms with Crippen LogP contribution in [-0.2, 0) is 6.42 Å². The Hall–Kier alpha value is -0.890. The van der Waals surface area contributed by atoms with Crippen LogP contribution in [0.15, 0.2) is 18.2 Å². The van der Waals surface area contributed by atoms with Gasteiger partial charge in [0.25, 0.3) is 0 Å². The summed E-state index contributed by atoms with van der Waals surface area (Å²) in [6.07, 6.45) is 6.11. The lowest BCUT2D eigenvalue weighted by Gasteiger charge is -2.30. The molecular weight excluding hydrogens is 213 g/mol. The van der Waals surface area contributed by atoms with Gasteiger partial charge in [-0.05, 0) is 62.9 Å². The second kappa shape index (κ2) is 5.18. The molecule has 1 fully saturated rings. The van der Waals surface area contributed by atoms with Gasteiger partial charge in [-0.3, -0.25) is 0 Å². The van der Waals surface area contributed by atoms with Gasteiger partial charge in [-0.25, -0.2) is 4.39 Å². The fourth-order valence-electron chi connectivity index (χ4n) is 2.72. The molecule has 1 atom stereocenters. The smallest absolute Gasteiger partial charge is 0.123 e. The first-order valence-corrected chi connectivity index (χ1v) is 6.59. The van der Waals surface area contributed by atoms with Gasteiger partial charge in [0, 0.05) is 5.54 Å². The van der Waals surface area contributed by atoms with Crippen LogP contribution in [0.25, 0.3) is 0 Å². The van der Waals surface area contributed by atoms with Crippen molar-refractivity contribution in [3.63, 3.8) is 0 Å². The van der Waals surface area contributed by atoms with Crippen molar-refractivity contribution in [1.82, 2.24) is 5.32 Å². The summed E-state index contributed by atoms with van der Waals surface area (Å²) in [5, 5.41) is 3.65. The Kier molecular flexibility index (Phi) is 3.82. The van der Waals surface area contributed by atoms with Crippen LogP contribution in [-0.4, -0.2) is 12.1 Å². The molecule has 1 heterocycles. The molecule has 1 aromatic rings. The van der Waals surface area contributed by atoms with Gasteiger partial charge in [0.15, 0.2) is 0 Å². The third-order valence-electron chi connectivity index (χ3n) is 3.84. The number of rotatable bonds is 2. The summed E-state index contributed by atoms with van der Waals surface area (Å²) in [7, 11) is 0. The van der Waals surface area contributed by atoms with E-state index in [1.54, 1.807) is 12.1 Å². The fourth-order valence-corrected chi connectivity index (χ4v) is 2.72. The van der Waals surface area contributed by atoms with Crippen molar-refractivity contribution >= 4 is 0 Å². The highest BCUT2D eigenvalue weighted by atomic mass is 19.1. The van der Waals surface area contributed by atoms with Crippen LogP contribution in [0, 0.1) is 12.7 Å². The third kappa shape index (κ3) is 3.29. The van der Waals surface area contributed by atoms with Crippen LogP contribution in [0.1, 0.15) is 43.7 Å². The lowest BCUT2D eigenvalue weighted by Crippen LogP contribution is -2.43. The maximum absolute atomic E-state index is 13.1. The van der Waals surface area contributed by atoms with E-state index in [0.29, 0.717) is 0 Å². The zero-order chi connectivity index (χ0) is 12.3. The van der Waals surface area contributed by atoms with Crippen LogP contribution in [0.3, 0.4) is 0 Å². The molecule has 1 N–H and O–H groups in total. The number of benzene rings is 1. The molecule has 1 saturated heterocycles. The Labute approximate surface area is 103 Å². The molecular formula is C15H22FN. The second-order valence-corrected chi connectivity index (χ2v) is 5.55. The highest BCUT2D eigenvalue weighted by Gasteiger charge is 2.25. The predicted molar refractivity (Wildman–Crippen MR) is 69.7 cm³/mol. The minimum Gasteiger partial charge on any atom is -0.311 e. The Balaban J connectivity index is 2.12. The van der Waals surface area contributed by atoms with Gasteiger partial charge in [0.1, 0.15) is 5.82 Å². The fraction of sp³-hybridized carbons (Fsp3) is 0.600. The second-order valence-electron chi connectivity index (χ2n) is 5.55. The highest BCUT2D eigenvalue weighted by Crippen LogP contribution is 2.24. The molecule has 2 rings (SSSR count). The molecule has 0 saturated carbocycles. The molecule has 94 valence electrons. The van der Waals surface area contributed by atoms with Crippen molar-refractivity contribution in [3.05, 3.63) is 35.1 Å². The highest BCUT2D eigenvalue weighted by molar-refractivity contribution is 5.28. The molecule has 0 aromatic heterocycles. The van der Waals surface area contributed by atoms with Crippen LogP contribution >= 0.6 is 0 Å². The molecule has 17 heavy (non-hydrogen) atoms. The quantitative estimate of drug-likeness (QED) is 0.826. The first-order chi connectivity index (χ1) is 8.09. The molecule has 1 aliphatic rings. The maximum Gasteiger partial charge on any atom is 0.123 e. The van der Waals surface area contributed by atoms with Crippen molar-refractivity contribution in [2.24, 2.45) is 0 Å². The van der Waals surface area contributed by atoms with Gasteiger partial charge < -0.3 is 5.32 Å². The van der Waals surface area contributed by atoms with E-state index in [1.165, 1.54) is 31.2 Å². The van der Waals surface area contributed by atoms with Crippen molar-refractivity contribution in [2.75, 3.05) is 6.54 Å². The van der Waals surface area contributed by atoms with Crippen molar-refractivity contribution < 1.29 is 4.39 Å². The number of hydrogen-bond acceptors (Lipinski definition) is 1. The van der Waals surface area contributed by atoms with E-state index in [-0.39, 0.29) is 11.4 Å². The van der Waals surface area contributed by atoms with E-state index in [9.17, 15) is 4.39 Å². The number of aryl methyl sites for hydroxylation is 1. The summed E-state index contributed by atoms with van der Waals surface area (Å²) >= 11 is 0. The summed E-state index contributed by atoms with van der Waals surface area (Å²) in [5.74, 6) is -0.134. The maximum atomic E-state index is 13.1. The zero-order valence-electron chi connectivity index (χ0n) is 10.9. The summed E-state index contributed by atoms with van der Waals surface area (Å²) in [6.45, 7) is 5.40. The van der Waals surface area contributed by atoms with Crippen LogP contribution in [0.5, 0.6) is 0 Å². The van der Waals surface area contributed by atoms with E-state index in [2.05, 4.69) is 12.2 Å². The Morgan fingerprint density at radius 2 is 2.12 bits per heavy atom. The Morgan fingerprint density at radius 1 is 1.29 bits per heavy atom. The lowest BCUT2D eigenvalue weighted by atomic mass is 9.87. The molecule has 1 aromatic carbocycles. The average Bonchev–Trinajstić information content (AvgIpc) is 2.48. The van der Waals surface area contributed by atoms with Gasteiger partial charge in [-0.15, -0.1) is 0 Å². The predicted octanol–water partition coefficient (Wildman–Crippen LogP) is 3.60. The van der Waals surface area contributed by atoms with Gasteiger partial charge in [-0.2, -0.15) is 0 Å². The summed E-state index contributed by atoms with van der Waals surface area (Å²) in [4.78, 5) is 0. The number of hydrogen-bond donors (Lipinski definition) is 1. The molecule has 0 radical (unpaired) electrons. The summed E-state index contributed by atoms with van der Waals surface area (Å²) in [6, 6.07) is 5.14. The molecule has 1 aliphatic heterocycles. The average molecular weight is 235 g/mol. The summed E-state index contributed by atoms with van der Waals surface area (Å²) in [5.41, 5.74) is 2.51. The van der Waals surface area contributed by atoms with Crippen molar-refractivity contribution in [1.29, 1.82) is 0 Å². The van der Waals surface area contributed by atoms with Gasteiger partial charge >= 0.3 is 0 Å². The monoisotopic (exact) mass is 235 g/mol. The molecule has 0 bridgehead atoms. The molecule has 0 spiro atoms. The Morgan fingerprint density at radius 3 is 2.88 bits per heavy atom. The van der Waals surface area contributed by atoms with E-state index in [0.717, 1.165) is 18.5 Å². The molecule has 0 aliphatic carbocycles. The third-order valence-corrected chi connectivity index (χ3v) is 3.84. The van der Waals surface area contributed by atoms with Crippen molar-refractivity contribution in [3.8, 4) is 0 Å². The van der Waals surface area contributed by atoms with Crippen LogP contribution in [0.4, 0.5) is 4.39 Å². The molecule has 0 amide bonds. The molecule has 1 nitrogen and oxygen atoms in total. The van der Waals surface area contributed by atoms with E-state index >= 15 is 0 Å². The normalized spacial score (nSPS) is 25.6. The molecule has 1 unspecified atom stereocenters. The largest absolute Gasteiger partial charge is 0.311 e. The molecule has 2 heteroatoms. The van der Waals surface area contributed by atoms with Gasteiger partial charge in [0.2, 0.25) is 0 Å². The standard InChI is InChI=1S/C15H22FN/c1-12-10-14(16)7-6-13(12)11-15(2)8-4-3-5-9-17-15/h6-7,10,17H,3-5,8-9,11H2,1-2H3. The zero-order valence-corrected chi connectivity index (χ0v) is 10.9. The summed E-state index contributed by atoms with van der Waals surface area (Å²) < 4.78 is 13.1. The van der Waals surface area contributed by atoms with E-state index in [4.69, 9.17) is 0 Å². The van der Waals surface area contributed by atoms with Gasteiger partial charge in [-0.1, -0.05) is 18.9 Å². The van der Waals surface area contributed by atoms with Crippen LogP contribution in [0.2, 0.25) is 0 Å². The first-order valence-electron chi connectivity index (χ1n) is 6.59. The Bertz CT molecular complexity index is 379. The van der Waals surface area contributed by atoms with Crippen LogP contribution < -0.4 is 5.32 Å². The number of halogens is 1. The minimum absolute atomic E-state index is 0.134. The van der Waals surface area contributed by atoms with Crippen molar-refractivity contribution in [2.45, 2.75) is 51.5 Å². The number of nitrogens with one attached hydrogen (secondary N) is 1. The SMILES string of the molecule is Cc1cc(F)ccc1CC1(C)CCCCCN1. The van der Waals surface area contributed by atoms with E-state index < -0.39 is 0 Å². The topological polar surface area (TPSA) is 12.0 Å². The minimum atomic E-state index is -0.134. The first kappa shape index (κ1) is 12.6.